The van der Waals surface area contributed by atoms with Gasteiger partial charge in [0.1, 0.15) is 5.75 Å². The van der Waals surface area contributed by atoms with Gasteiger partial charge < -0.3 is 5.11 Å². The molecular formula is C22H28OS. The molecule has 1 nitrogen and oxygen atoms in total. The standard InChI is InChI=1S/C22H28OS/c1-3-4-5-9-17-12-13-19(18-10-6-8-16(2)15-18)22(23)21(17)20-11-7-14-24-20/h7,11-15,18,23H,3-6,8-10H2,1-2H3. The van der Waals surface area contributed by atoms with Crippen molar-refractivity contribution >= 4 is 11.3 Å². The lowest BCUT2D eigenvalue weighted by atomic mass is 9.83. The molecule has 0 radical (unpaired) electrons. The number of hydrogen-bond acceptors (Lipinski definition) is 2. The van der Waals surface area contributed by atoms with Gasteiger partial charge in [0.25, 0.3) is 0 Å². The Kier molecular flexibility index (Phi) is 5.78. The van der Waals surface area contributed by atoms with Crippen LogP contribution in [0.4, 0.5) is 0 Å². The van der Waals surface area contributed by atoms with E-state index < -0.39 is 0 Å². The summed E-state index contributed by atoms with van der Waals surface area (Å²) in [6, 6.07) is 8.65. The number of hydrogen-bond donors (Lipinski definition) is 1. The van der Waals surface area contributed by atoms with Crippen LogP contribution < -0.4 is 0 Å². The van der Waals surface area contributed by atoms with Crippen LogP contribution >= 0.6 is 11.3 Å². The number of phenols is 1. The predicted octanol–water partition coefficient (Wildman–Crippen LogP) is 7.07. The monoisotopic (exact) mass is 340 g/mol. The van der Waals surface area contributed by atoms with E-state index >= 15 is 0 Å². The highest BCUT2D eigenvalue weighted by Gasteiger charge is 2.21. The summed E-state index contributed by atoms with van der Waals surface area (Å²) in [7, 11) is 0. The van der Waals surface area contributed by atoms with Gasteiger partial charge in [0, 0.05) is 21.9 Å². The third kappa shape index (κ3) is 3.75. The van der Waals surface area contributed by atoms with Crippen molar-refractivity contribution in [1.29, 1.82) is 0 Å². The van der Waals surface area contributed by atoms with Crippen LogP contribution in [0.15, 0.2) is 41.3 Å². The summed E-state index contributed by atoms with van der Waals surface area (Å²) in [6.45, 7) is 4.45. The van der Waals surface area contributed by atoms with Crippen molar-refractivity contribution < 1.29 is 5.11 Å². The minimum absolute atomic E-state index is 0.363. The molecule has 128 valence electrons. The van der Waals surface area contributed by atoms with Gasteiger partial charge in [0.2, 0.25) is 0 Å². The predicted molar refractivity (Wildman–Crippen MR) is 105 cm³/mol. The third-order valence-corrected chi connectivity index (χ3v) is 5.97. The number of rotatable bonds is 6. The lowest BCUT2D eigenvalue weighted by Gasteiger charge is -2.23. The zero-order valence-electron chi connectivity index (χ0n) is 14.8. The molecule has 2 heteroatoms. The van der Waals surface area contributed by atoms with Crippen molar-refractivity contribution in [2.24, 2.45) is 0 Å². The number of allylic oxidation sites excluding steroid dienone is 2. The molecule has 24 heavy (non-hydrogen) atoms. The first-order valence-electron chi connectivity index (χ1n) is 9.26. The van der Waals surface area contributed by atoms with Gasteiger partial charge in [-0.25, -0.2) is 0 Å². The first-order valence-corrected chi connectivity index (χ1v) is 10.1. The normalized spacial score (nSPS) is 17.8. The molecule has 1 atom stereocenters. The van der Waals surface area contributed by atoms with Crippen molar-refractivity contribution in [1.82, 2.24) is 0 Å². The first-order chi connectivity index (χ1) is 11.7. The smallest absolute Gasteiger partial charge is 0.128 e. The maximum absolute atomic E-state index is 11.1. The van der Waals surface area contributed by atoms with E-state index in [1.165, 1.54) is 48.1 Å². The molecule has 0 saturated carbocycles. The summed E-state index contributed by atoms with van der Waals surface area (Å²) in [5.41, 5.74) is 4.94. The van der Waals surface area contributed by atoms with Crippen LogP contribution in [-0.4, -0.2) is 5.11 Å². The molecule has 0 aliphatic heterocycles. The van der Waals surface area contributed by atoms with Gasteiger partial charge >= 0.3 is 0 Å². The fraction of sp³-hybridized carbons (Fsp3) is 0.455. The van der Waals surface area contributed by atoms with Crippen molar-refractivity contribution in [2.45, 2.75) is 64.7 Å². The average molecular weight is 341 g/mol. The molecule has 1 N–H and O–H groups in total. The Morgan fingerprint density at radius 3 is 2.79 bits per heavy atom. The van der Waals surface area contributed by atoms with E-state index in [4.69, 9.17) is 0 Å². The van der Waals surface area contributed by atoms with Crippen molar-refractivity contribution in [3.63, 3.8) is 0 Å². The Morgan fingerprint density at radius 2 is 2.08 bits per heavy atom. The number of aromatic hydroxyl groups is 1. The molecule has 3 rings (SSSR count). The molecule has 0 fully saturated rings. The molecule has 0 spiro atoms. The molecule has 1 aliphatic carbocycles. The average Bonchev–Trinajstić information content (AvgIpc) is 3.09. The zero-order valence-corrected chi connectivity index (χ0v) is 15.7. The highest BCUT2D eigenvalue weighted by molar-refractivity contribution is 7.13. The number of phenolic OH excluding ortho intramolecular Hbond substituents is 1. The Hall–Kier alpha value is -1.54. The molecular weight excluding hydrogens is 312 g/mol. The van der Waals surface area contributed by atoms with E-state index in [0.717, 1.165) is 24.0 Å². The van der Waals surface area contributed by atoms with E-state index in [1.807, 2.05) is 0 Å². The van der Waals surface area contributed by atoms with Gasteiger partial charge in [-0.15, -0.1) is 11.3 Å². The molecule has 2 aromatic rings. The SMILES string of the molecule is CCCCCc1ccc(C2C=C(C)CCC2)c(O)c1-c1cccs1. The van der Waals surface area contributed by atoms with Crippen LogP contribution in [0.3, 0.4) is 0 Å². The molecule has 0 amide bonds. The van der Waals surface area contributed by atoms with Gasteiger partial charge in [-0.3, -0.25) is 0 Å². The maximum atomic E-state index is 11.1. The summed E-state index contributed by atoms with van der Waals surface area (Å²) >= 11 is 1.72. The summed E-state index contributed by atoms with van der Waals surface area (Å²) in [6.07, 6.45) is 10.6. The van der Waals surface area contributed by atoms with Crippen LogP contribution in [0.2, 0.25) is 0 Å². The molecule has 1 unspecified atom stereocenters. The Balaban J connectivity index is 2.01. The lowest BCUT2D eigenvalue weighted by molar-refractivity contribution is 0.462. The quantitative estimate of drug-likeness (QED) is 0.440. The van der Waals surface area contributed by atoms with Gasteiger partial charge in [-0.2, -0.15) is 0 Å². The second kappa shape index (κ2) is 8.02. The van der Waals surface area contributed by atoms with Crippen molar-refractivity contribution in [2.75, 3.05) is 0 Å². The number of aryl methyl sites for hydroxylation is 1. The highest BCUT2D eigenvalue weighted by atomic mass is 32.1. The Labute approximate surface area is 150 Å². The minimum atomic E-state index is 0.363. The van der Waals surface area contributed by atoms with Crippen LogP contribution in [0.1, 0.15) is 69.4 Å². The van der Waals surface area contributed by atoms with Gasteiger partial charge in [-0.05, 0) is 56.0 Å². The Bertz CT molecular complexity index is 697. The van der Waals surface area contributed by atoms with Gasteiger partial charge in [-0.1, -0.05) is 49.6 Å². The fourth-order valence-corrected chi connectivity index (χ4v) is 4.58. The third-order valence-electron chi connectivity index (χ3n) is 5.08. The Morgan fingerprint density at radius 1 is 1.21 bits per heavy atom. The number of benzene rings is 1. The highest BCUT2D eigenvalue weighted by Crippen LogP contribution is 2.44. The van der Waals surface area contributed by atoms with E-state index in [-0.39, 0.29) is 0 Å². The van der Waals surface area contributed by atoms with E-state index in [0.29, 0.717) is 11.7 Å². The number of unbranched alkanes of at least 4 members (excludes halogenated alkanes) is 2. The molecule has 1 aromatic heterocycles. The first kappa shape index (κ1) is 17.3. The summed E-state index contributed by atoms with van der Waals surface area (Å²) in [5, 5.41) is 13.2. The van der Waals surface area contributed by atoms with Crippen LogP contribution in [0, 0.1) is 0 Å². The maximum Gasteiger partial charge on any atom is 0.128 e. The molecule has 0 bridgehead atoms. The zero-order chi connectivity index (χ0) is 16.9. The van der Waals surface area contributed by atoms with Crippen LogP contribution in [0.25, 0.3) is 10.4 Å². The van der Waals surface area contributed by atoms with Crippen LogP contribution in [-0.2, 0) is 6.42 Å². The summed E-state index contributed by atoms with van der Waals surface area (Å²) in [5.74, 6) is 0.879. The van der Waals surface area contributed by atoms with E-state index in [9.17, 15) is 5.11 Å². The second-order valence-corrected chi connectivity index (χ2v) is 7.93. The van der Waals surface area contributed by atoms with E-state index in [2.05, 4.69) is 49.6 Å². The number of thiophene rings is 1. The van der Waals surface area contributed by atoms with E-state index in [1.54, 1.807) is 11.3 Å². The summed E-state index contributed by atoms with van der Waals surface area (Å²) in [4.78, 5) is 1.19. The molecule has 1 aromatic carbocycles. The van der Waals surface area contributed by atoms with Crippen molar-refractivity contribution in [3.05, 3.63) is 52.4 Å². The molecule has 1 aliphatic rings. The van der Waals surface area contributed by atoms with Crippen molar-refractivity contribution in [3.8, 4) is 16.2 Å². The largest absolute Gasteiger partial charge is 0.507 e. The lowest BCUT2D eigenvalue weighted by Crippen LogP contribution is -2.04. The summed E-state index contributed by atoms with van der Waals surface area (Å²) < 4.78 is 0. The molecule has 0 saturated heterocycles. The van der Waals surface area contributed by atoms with Gasteiger partial charge in [0.15, 0.2) is 0 Å². The van der Waals surface area contributed by atoms with Gasteiger partial charge in [0.05, 0.1) is 0 Å². The fourth-order valence-electron chi connectivity index (χ4n) is 3.77. The molecule has 1 heterocycles. The van der Waals surface area contributed by atoms with Crippen LogP contribution in [0.5, 0.6) is 5.75 Å². The topological polar surface area (TPSA) is 20.2 Å². The minimum Gasteiger partial charge on any atom is -0.507 e. The second-order valence-electron chi connectivity index (χ2n) is 6.98.